The Morgan fingerprint density at radius 2 is 2.62 bits per heavy atom. The topological polar surface area (TPSA) is 32.7 Å². The fourth-order valence-corrected chi connectivity index (χ4v) is 0.580. The highest BCUT2D eigenvalue weighted by atomic mass is 16.7. The average molecular weight is 115 g/mol. The van der Waals surface area contributed by atoms with Gasteiger partial charge in [-0.1, -0.05) is 0 Å². The lowest BCUT2D eigenvalue weighted by molar-refractivity contribution is -0.0960. The zero-order valence-electron chi connectivity index (χ0n) is 4.58. The lowest BCUT2D eigenvalue weighted by atomic mass is 10.6. The minimum Gasteiger partial charge on any atom is -0.394 e. The van der Waals surface area contributed by atoms with Gasteiger partial charge < -0.3 is 5.11 Å². The van der Waals surface area contributed by atoms with Crippen molar-refractivity contribution in [2.45, 2.75) is 0 Å². The number of aliphatic hydroxyl groups excluding tert-OH is 1. The smallest absolute Gasteiger partial charge is 0.0947 e. The fourth-order valence-electron chi connectivity index (χ4n) is 0.580. The fraction of sp³-hybridized carbons (Fsp3) is 0.600. The van der Waals surface area contributed by atoms with Crippen LogP contribution in [0, 0.1) is 0 Å². The van der Waals surface area contributed by atoms with Crippen LogP contribution >= 0.6 is 0 Å². The zero-order chi connectivity index (χ0) is 5.82. The second kappa shape index (κ2) is 2.69. The summed E-state index contributed by atoms with van der Waals surface area (Å²) < 4.78 is 0. The van der Waals surface area contributed by atoms with Crippen LogP contribution < -0.4 is 0 Å². The van der Waals surface area contributed by atoms with Gasteiger partial charge in [-0.05, 0) is 6.08 Å². The van der Waals surface area contributed by atoms with Gasteiger partial charge in [0.2, 0.25) is 0 Å². The molecule has 1 N–H and O–H groups in total. The van der Waals surface area contributed by atoms with Gasteiger partial charge in [-0.2, -0.15) is 0 Å². The first-order valence-electron chi connectivity index (χ1n) is 2.60. The first-order valence-corrected chi connectivity index (χ1v) is 2.60. The largest absolute Gasteiger partial charge is 0.394 e. The van der Waals surface area contributed by atoms with Crippen LogP contribution in [0.5, 0.6) is 0 Å². The van der Waals surface area contributed by atoms with Gasteiger partial charge in [-0.3, -0.25) is 9.90 Å². The molecule has 0 spiro atoms. The summed E-state index contributed by atoms with van der Waals surface area (Å²) in [5.74, 6) is 0. The van der Waals surface area contributed by atoms with E-state index in [1.165, 1.54) is 0 Å². The Bertz CT molecular complexity index is 92.4. The minimum absolute atomic E-state index is 0.143. The van der Waals surface area contributed by atoms with Crippen molar-refractivity contribution < 1.29 is 9.94 Å². The summed E-state index contributed by atoms with van der Waals surface area (Å²) in [5, 5.41) is 9.98. The van der Waals surface area contributed by atoms with Crippen LogP contribution in [0.15, 0.2) is 12.3 Å². The van der Waals surface area contributed by atoms with E-state index in [1.807, 2.05) is 12.3 Å². The standard InChI is InChI=1S/C5H9NO2/c7-4-3-6-2-1-5-8-6/h1-2,7H,3-5H2. The third-order valence-electron chi connectivity index (χ3n) is 0.929. The molecule has 0 aliphatic carbocycles. The molecule has 1 aliphatic heterocycles. The van der Waals surface area contributed by atoms with Crippen molar-refractivity contribution in [1.82, 2.24) is 5.06 Å². The van der Waals surface area contributed by atoms with Crippen molar-refractivity contribution in [3.63, 3.8) is 0 Å². The van der Waals surface area contributed by atoms with E-state index in [-0.39, 0.29) is 6.61 Å². The van der Waals surface area contributed by atoms with Crippen molar-refractivity contribution in [2.24, 2.45) is 0 Å². The van der Waals surface area contributed by atoms with Crippen LogP contribution in [0.1, 0.15) is 0 Å². The van der Waals surface area contributed by atoms with Gasteiger partial charge >= 0.3 is 0 Å². The predicted octanol–water partition coefficient (Wildman–Crippen LogP) is -0.260. The molecule has 0 fully saturated rings. The van der Waals surface area contributed by atoms with E-state index in [0.29, 0.717) is 13.2 Å². The molecule has 3 nitrogen and oxygen atoms in total. The molecule has 0 unspecified atom stereocenters. The number of hydroxylamine groups is 2. The number of aliphatic hydroxyl groups is 1. The van der Waals surface area contributed by atoms with E-state index in [9.17, 15) is 0 Å². The Labute approximate surface area is 48.1 Å². The molecule has 0 aromatic carbocycles. The molecule has 1 heterocycles. The van der Waals surface area contributed by atoms with Gasteiger partial charge in [-0.25, -0.2) is 0 Å². The van der Waals surface area contributed by atoms with Gasteiger partial charge in [0.05, 0.1) is 19.8 Å². The van der Waals surface area contributed by atoms with Gasteiger partial charge in [0, 0.05) is 6.20 Å². The maximum Gasteiger partial charge on any atom is 0.0947 e. The van der Waals surface area contributed by atoms with Crippen molar-refractivity contribution >= 4 is 0 Å². The summed E-state index contributed by atoms with van der Waals surface area (Å²) in [6, 6.07) is 0. The molecule has 0 radical (unpaired) electrons. The maximum atomic E-state index is 8.37. The Balaban J connectivity index is 2.16. The lowest BCUT2D eigenvalue weighted by Crippen LogP contribution is -2.17. The van der Waals surface area contributed by atoms with Crippen LogP contribution in [-0.4, -0.2) is 29.9 Å². The number of rotatable bonds is 2. The SMILES string of the molecule is OCCN1C=CCO1. The molecule has 8 heavy (non-hydrogen) atoms. The van der Waals surface area contributed by atoms with E-state index in [1.54, 1.807) is 5.06 Å². The summed E-state index contributed by atoms with van der Waals surface area (Å²) >= 11 is 0. The molecule has 0 saturated carbocycles. The Hall–Kier alpha value is -0.540. The summed E-state index contributed by atoms with van der Waals surface area (Å²) in [6.07, 6.45) is 3.71. The van der Waals surface area contributed by atoms with Gasteiger partial charge in [0.15, 0.2) is 0 Å². The van der Waals surface area contributed by atoms with Gasteiger partial charge in [-0.15, -0.1) is 0 Å². The Kier molecular flexibility index (Phi) is 1.88. The van der Waals surface area contributed by atoms with E-state index >= 15 is 0 Å². The number of hydrogen-bond donors (Lipinski definition) is 1. The maximum absolute atomic E-state index is 8.37. The van der Waals surface area contributed by atoms with Crippen molar-refractivity contribution in [3.05, 3.63) is 12.3 Å². The van der Waals surface area contributed by atoms with Crippen LogP contribution in [-0.2, 0) is 4.84 Å². The third-order valence-corrected chi connectivity index (χ3v) is 0.929. The zero-order valence-corrected chi connectivity index (χ0v) is 4.58. The molecule has 1 aliphatic rings. The van der Waals surface area contributed by atoms with Crippen LogP contribution in [0.2, 0.25) is 0 Å². The molecular formula is C5H9NO2. The number of hydrogen-bond acceptors (Lipinski definition) is 3. The molecule has 1 rings (SSSR count). The number of β-amino-alcohol motifs (C(OH)–C–C–N with tert-alkyl or cyclic N) is 1. The van der Waals surface area contributed by atoms with Crippen molar-refractivity contribution in [1.29, 1.82) is 0 Å². The van der Waals surface area contributed by atoms with E-state index in [0.717, 1.165) is 0 Å². The second-order valence-corrected chi connectivity index (χ2v) is 1.54. The Morgan fingerprint density at radius 1 is 1.75 bits per heavy atom. The second-order valence-electron chi connectivity index (χ2n) is 1.54. The quantitative estimate of drug-likeness (QED) is 0.538. The first-order chi connectivity index (χ1) is 3.93. The molecule has 0 aromatic rings. The summed E-state index contributed by atoms with van der Waals surface area (Å²) in [4.78, 5) is 4.96. The monoisotopic (exact) mass is 115 g/mol. The van der Waals surface area contributed by atoms with Crippen LogP contribution in [0.4, 0.5) is 0 Å². The third kappa shape index (κ3) is 1.21. The van der Waals surface area contributed by atoms with Crippen LogP contribution in [0.3, 0.4) is 0 Å². The van der Waals surface area contributed by atoms with Gasteiger partial charge in [0.25, 0.3) is 0 Å². The molecule has 0 saturated heterocycles. The summed E-state index contributed by atoms with van der Waals surface area (Å²) in [5.41, 5.74) is 0. The first kappa shape index (κ1) is 5.59. The minimum atomic E-state index is 0.143. The normalized spacial score (nSPS) is 17.9. The highest BCUT2D eigenvalue weighted by molar-refractivity contribution is 4.83. The molecule has 0 atom stereocenters. The molecule has 0 amide bonds. The highest BCUT2D eigenvalue weighted by Gasteiger charge is 2.00. The van der Waals surface area contributed by atoms with E-state index in [4.69, 9.17) is 9.94 Å². The molecule has 0 aromatic heterocycles. The summed E-state index contributed by atoms with van der Waals surface area (Å²) in [6.45, 7) is 1.35. The van der Waals surface area contributed by atoms with Gasteiger partial charge in [0.1, 0.15) is 0 Å². The number of nitrogens with zero attached hydrogens (tertiary/aromatic N) is 1. The highest BCUT2D eigenvalue weighted by Crippen LogP contribution is 1.98. The van der Waals surface area contributed by atoms with Crippen molar-refractivity contribution in [3.8, 4) is 0 Å². The predicted molar refractivity (Wildman–Crippen MR) is 28.9 cm³/mol. The average Bonchev–Trinajstić information content (AvgIpc) is 2.19. The summed E-state index contributed by atoms with van der Waals surface area (Å²) in [7, 11) is 0. The molecule has 46 valence electrons. The van der Waals surface area contributed by atoms with E-state index in [2.05, 4.69) is 0 Å². The molecule has 0 bridgehead atoms. The van der Waals surface area contributed by atoms with Crippen LogP contribution in [0.25, 0.3) is 0 Å². The lowest BCUT2D eigenvalue weighted by Gasteiger charge is -2.10. The van der Waals surface area contributed by atoms with Crippen molar-refractivity contribution in [2.75, 3.05) is 19.8 Å². The van der Waals surface area contributed by atoms with E-state index < -0.39 is 0 Å². The Morgan fingerprint density at radius 3 is 3.12 bits per heavy atom. The molecule has 3 heteroatoms. The molecular weight excluding hydrogens is 106 g/mol.